The zero-order valence-corrected chi connectivity index (χ0v) is 23.9. The van der Waals surface area contributed by atoms with E-state index in [0.717, 1.165) is 44.8 Å². The minimum Gasteiger partial charge on any atom is -0.458 e. The molecule has 0 N–H and O–H groups in total. The van der Waals surface area contributed by atoms with Crippen LogP contribution in [-0.4, -0.2) is 9.97 Å². The van der Waals surface area contributed by atoms with Crippen LogP contribution in [0.15, 0.2) is 150 Å². The molecular formula is C36H24IrN2O-2. The quantitative estimate of drug-likeness (QED) is 0.173. The van der Waals surface area contributed by atoms with E-state index in [9.17, 15) is 0 Å². The molecule has 0 unspecified atom stereocenters. The monoisotopic (exact) mass is 693 g/mol. The summed E-state index contributed by atoms with van der Waals surface area (Å²) in [4.78, 5) is 8.63. The van der Waals surface area contributed by atoms with Crippen LogP contribution in [0.25, 0.3) is 55.9 Å². The third kappa shape index (κ3) is 6.32. The molecule has 1 radical (unpaired) electrons. The Hall–Kier alpha value is -4.63. The molecule has 0 fully saturated rings. The van der Waals surface area contributed by atoms with Gasteiger partial charge in [0.25, 0.3) is 0 Å². The van der Waals surface area contributed by atoms with Crippen LogP contribution in [0.5, 0.6) is 0 Å². The number of nitrogens with zero attached hydrogens (tertiary/aromatic N) is 2. The van der Waals surface area contributed by atoms with Crippen LogP contribution in [0.1, 0.15) is 0 Å². The summed E-state index contributed by atoms with van der Waals surface area (Å²) in [5.74, 6) is 0.849. The van der Waals surface area contributed by atoms with E-state index in [0.29, 0.717) is 0 Å². The molecule has 40 heavy (non-hydrogen) atoms. The number of hydrogen-bond donors (Lipinski definition) is 0. The van der Waals surface area contributed by atoms with Crippen molar-refractivity contribution in [3.05, 3.63) is 158 Å². The predicted molar refractivity (Wildman–Crippen MR) is 158 cm³/mol. The number of aromatic nitrogens is 2. The summed E-state index contributed by atoms with van der Waals surface area (Å²) in [5.41, 5.74) is 8.17. The van der Waals surface area contributed by atoms with Crippen molar-refractivity contribution in [2.75, 3.05) is 0 Å². The third-order valence-corrected chi connectivity index (χ3v) is 6.30. The summed E-state index contributed by atoms with van der Waals surface area (Å²) in [6.07, 6.45) is 3.58. The van der Waals surface area contributed by atoms with Gasteiger partial charge in [0.1, 0.15) is 11.3 Å². The summed E-state index contributed by atoms with van der Waals surface area (Å²) in [6, 6.07) is 50.7. The largest absolute Gasteiger partial charge is 0.458 e. The van der Waals surface area contributed by atoms with Crippen molar-refractivity contribution in [2.24, 2.45) is 0 Å². The number of benzene rings is 4. The van der Waals surface area contributed by atoms with Crippen molar-refractivity contribution < 1.29 is 24.5 Å². The molecule has 7 rings (SSSR count). The number of pyridine rings is 2. The Balaban J connectivity index is 0.000000209. The first kappa shape index (κ1) is 27.0. The van der Waals surface area contributed by atoms with Gasteiger partial charge >= 0.3 is 0 Å². The van der Waals surface area contributed by atoms with Crippen LogP contribution in [-0.2, 0) is 20.1 Å². The van der Waals surface area contributed by atoms with Crippen LogP contribution >= 0.6 is 0 Å². The van der Waals surface area contributed by atoms with Crippen molar-refractivity contribution >= 4 is 11.0 Å². The zero-order chi connectivity index (χ0) is 26.3. The van der Waals surface area contributed by atoms with Gasteiger partial charge in [-0.25, -0.2) is 0 Å². The first-order valence-electron chi connectivity index (χ1n) is 12.7. The zero-order valence-electron chi connectivity index (χ0n) is 21.5. The Labute approximate surface area is 247 Å². The van der Waals surface area contributed by atoms with E-state index >= 15 is 0 Å². The number of rotatable bonds is 4. The van der Waals surface area contributed by atoms with Gasteiger partial charge in [0.05, 0.1) is 0 Å². The van der Waals surface area contributed by atoms with E-state index in [1.54, 1.807) is 12.4 Å². The maximum Gasteiger partial charge on any atom is 0.134 e. The fraction of sp³-hybridized carbons (Fsp3) is 0. The van der Waals surface area contributed by atoms with Crippen molar-refractivity contribution in [1.29, 1.82) is 0 Å². The molecule has 0 aliphatic heterocycles. The Morgan fingerprint density at radius 2 is 1.20 bits per heavy atom. The number of furan rings is 1. The average molecular weight is 693 g/mol. The van der Waals surface area contributed by atoms with E-state index in [-0.39, 0.29) is 20.1 Å². The van der Waals surface area contributed by atoms with Crippen molar-refractivity contribution in [2.45, 2.75) is 0 Å². The molecule has 0 saturated heterocycles. The number of fused-ring (bicyclic) bond motifs is 1. The molecule has 3 nitrogen and oxygen atoms in total. The van der Waals surface area contributed by atoms with Crippen molar-refractivity contribution in [3.8, 4) is 45.0 Å². The maximum absolute atomic E-state index is 6.10. The van der Waals surface area contributed by atoms with Crippen LogP contribution in [0.2, 0.25) is 0 Å². The van der Waals surface area contributed by atoms with E-state index in [1.807, 2.05) is 84.9 Å². The van der Waals surface area contributed by atoms with Gasteiger partial charge < -0.3 is 14.4 Å². The smallest absolute Gasteiger partial charge is 0.134 e. The van der Waals surface area contributed by atoms with E-state index < -0.39 is 0 Å². The molecule has 4 heteroatoms. The van der Waals surface area contributed by atoms with E-state index in [4.69, 9.17) is 4.42 Å². The van der Waals surface area contributed by atoms with Gasteiger partial charge in [-0.3, -0.25) is 0 Å². The Morgan fingerprint density at radius 1 is 0.500 bits per heavy atom. The molecule has 0 bridgehead atoms. The van der Waals surface area contributed by atoms with Crippen LogP contribution in [0.4, 0.5) is 0 Å². The molecule has 0 aliphatic carbocycles. The van der Waals surface area contributed by atoms with Crippen molar-refractivity contribution in [1.82, 2.24) is 9.97 Å². The molecule has 0 atom stereocenters. The SMILES string of the molecule is [Ir].[c-]1ccc(-c2cc3cc(-c4ccccc4)ccc3o2)cc1-c1ccccn1.[c-]1ccccc1-c1ccccn1. The molecule has 0 spiro atoms. The van der Waals surface area contributed by atoms with E-state index in [2.05, 4.69) is 70.6 Å². The summed E-state index contributed by atoms with van der Waals surface area (Å²) in [5, 5.41) is 1.10. The van der Waals surface area contributed by atoms with Gasteiger partial charge in [0, 0.05) is 37.9 Å². The topological polar surface area (TPSA) is 38.9 Å². The van der Waals surface area contributed by atoms with Crippen molar-refractivity contribution in [3.63, 3.8) is 0 Å². The van der Waals surface area contributed by atoms with E-state index in [1.165, 1.54) is 11.1 Å². The summed E-state index contributed by atoms with van der Waals surface area (Å²) in [6.45, 7) is 0. The van der Waals surface area contributed by atoms with Gasteiger partial charge in [-0.15, -0.1) is 65.7 Å². The van der Waals surface area contributed by atoms with Gasteiger partial charge in [-0.2, -0.15) is 0 Å². The first-order chi connectivity index (χ1) is 19.3. The fourth-order valence-electron chi connectivity index (χ4n) is 4.36. The standard InChI is InChI=1S/C25H16NO.C11H8N.Ir/c1-2-7-18(8-3-1)19-12-13-24-22(15-19)17-25(27-24)21-10-6-9-20(16-21)23-11-4-5-14-26-23;1-2-6-10(7-3-1)11-8-4-5-9-12-11;/h1-8,10-17H;1-6,8-9H;/q2*-1;. The molecule has 3 aromatic heterocycles. The third-order valence-electron chi connectivity index (χ3n) is 6.30. The molecular weight excluding hydrogens is 669 g/mol. The van der Waals surface area contributed by atoms with Gasteiger partial charge in [0.15, 0.2) is 0 Å². The summed E-state index contributed by atoms with van der Waals surface area (Å²) < 4.78 is 6.10. The summed E-state index contributed by atoms with van der Waals surface area (Å²) >= 11 is 0. The fourth-order valence-corrected chi connectivity index (χ4v) is 4.36. The Morgan fingerprint density at radius 3 is 1.90 bits per heavy atom. The Bertz CT molecular complexity index is 1750. The molecule has 195 valence electrons. The molecule has 3 heterocycles. The van der Waals surface area contributed by atoms with Gasteiger partial charge in [-0.1, -0.05) is 66.2 Å². The second kappa shape index (κ2) is 12.9. The first-order valence-corrected chi connectivity index (χ1v) is 12.7. The van der Waals surface area contributed by atoms with Crippen LogP contribution in [0.3, 0.4) is 0 Å². The second-order valence-corrected chi connectivity index (χ2v) is 8.93. The maximum atomic E-state index is 6.10. The minimum atomic E-state index is 0. The second-order valence-electron chi connectivity index (χ2n) is 8.93. The molecule has 0 aliphatic rings. The minimum absolute atomic E-state index is 0. The normalized spacial score (nSPS) is 10.3. The molecule has 4 aromatic carbocycles. The van der Waals surface area contributed by atoms with Gasteiger partial charge in [0.2, 0.25) is 0 Å². The van der Waals surface area contributed by atoms with Crippen LogP contribution in [0, 0.1) is 12.1 Å². The van der Waals surface area contributed by atoms with Crippen LogP contribution < -0.4 is 0 Å². The number of hydrogen-bond acceptors (Lipinski definition) is 3. The molecule has 7 aromatic rings. The molecule has 0 saturated carbocycles. The summed E-state index contributed by atoms with van der Waals surface area (Å²) in [7, 11) is 0. The average Bonchev–Trinajstić information content (AvgIpc) is 3.47. The Kier molecular flexibility index (Phi) is 8.72. The predicted octanol–water partition coefficient (Wildman–Crippen LogP) is 9.18. The molecule has 0 amide bonds. The van der Waals surface area contributed by atoms with Gasteiger partial charge in [-0.05, 0) is 52.8 Å².